The summed E-state index contributed by atoms with van der Waals surface area (Å²) in [6, 6.07) is 0.492. The van der Waals surface area contributed by atoms with Crippen LogP contribution < -0.4 is 5.32 Å². The molecule has 0 aromatic carbocycles. The lowest BCUT2D eigenvalue weighted by Gasteiger charge is -2.09. The summed E-state index contributed by atoms with van der Waals surface area (Å²) in [5.74, 6) is 0.869. The third kappa shape index (κ3) is 4.85. The molecule has 15 heavy (non-hydrogen) atoms. The zero-order valence-electron chi connectivity index (χ0n) is 9.99. The van der Waals surface area contributed by atoms with Gasteiger partial charge in [-0.2, -0.15) is 0 Å². The van der Waals surface area contributed by atoms with Gasteiger partial charge in [0.15, 0.2) is 0 Å². The molecule has 4 heteroatoms. The minimum absolute atomic E-state index is 0.492. The van der Waals surface area contributed by atoms with E-state index >= 15 is 0 Å². The molecule has 0 saturated heterocycles. The molecule has 0 amide bonds. The first-order valence-corrected chi connectivity index (χ1v) is 5.26. The predicted octanol–water partition coefficient (Wildman–Crippen LogP) is 1.04. The Morgan fingerprint density at radius 1 is 1.27 bits per heavy atom. The van der Waals surface area contributed by atoms with Crippen LogP contribution in [-0.4, -0.2) is 35.0 Å². The fraction of sp³-hybridized carbons (Fsp3) is 0.636. The Morgan fingerprint density at radius 2 is 1.87 bits per heavy atom. The van der Waals surface area contributed by atoms with E-state index in [2.05, 4.69) is 34.0 Å². The first-order valence-electron chi connectivity index (χ1n) is 5.26. The summed E-state index contributed by atoms with van der Waals surface area (Å²) in [4.78, 5) is 10.7. The molecule has 1 rings (SSSR count). The third-order valence-electron chi connectivity index (χ3n) is 1.93. The second kappa shape index (κ2) is 5.78. The van der Waals surface area contributed by atoms with Gasteiger partial charge in [0.25, 0.3) is 0 Å². The summed E-state index contributed by atoms with van der Waals surface area (Å²) in [6.07, 6.45) is 3.78. The van der Waals surface area contributed by atoms with Crippen LogP contribution in [-0.2, 0) is 13.1 Å². The van der Waals surface area contributed by atoms with Crippen molar-refractivity contribution >= 4 is 0 Å². The first-order chi connectivity index (χ1) is 7.08. The summed E-state index contributed by atoms with van der Waals surface area (Å²) in [6.45, 7) is 5.88. The quantitative estimate of drug-likeness (QED) is 0.785. The Bertz CT molecular complexity index is 279. The number of rotatable bonds is 5. The van der Waals surface area contributed by atoms with Gasteiger partial charge in [-0.1, -0.05) is 13.8 Å². The minimum atomic E-state index is 0.492. The monoisotopic (exact) mass is 208 g/mol. The van der Waals surface area contributed by atoms with E-state index in [0.29, 0.717) is 6.04 Å². The van der Waals surface area contributed by atoms with Gasteiger partial charge >= 0.3 is 0 Å². The molecule has 0 aliphatic carbocycles. The van der Waals surface area contributed by atoms with Crippen LogP contribution in [0.3, 0.4) is 0 Å². The second-order valence-electron chi connectivity index (χ2n) is 4.28. The summed E-state index contributed by atoms with van der Waals surface area (Å²) in [7, 11) is 4.02. The van der Waals surface area contributed by atoms with Crippen LogP contribution in [0.15, 0.2) is 12.4 Å². The largest absolute Gasteiger partial charge is 0.310 e. The number of hydrogen-bond donors (Lipinski definition) is 1. The Balaban J connectivity index is 2.49. The minimum Gasteiger partial charge on any atom is -0.310 e. The first kappa shape index (κ1) is 12.1. The standard InChI is InChI=1S/C11H20N4/c1-9(2)12-5-10-6-13-11(14-7-10)8-15(3)4/h6-7,9,12H,5,8H2,1-4H3. The zero-order chi connectivity index (χ0) is 11.3. The highest BCUT2D eigenvalue weighted by atomic mass is 15.1. The molecule has 0 bridgehead atoms. The van der Waals surface area contributed by atoms with Gasteiger partial charge in [0.2, 0.25) is 0 Å². The van der Waals surface area contributed by atoms with E-state index in [0.717, 1.165) is 24.5 Å². The summed E-state index contributed by atoms with van der Waals surface area (Å²) in [5, 5.41) is 3.33. The van der Waals surface area contributed by atoms with Gasteiger partial charge < -0.3 is 10.2 Å². The Labute approximate surface area is 91.7 Å². The highest BCUT2D eigenvalue weighted by Crippen LogP contribution is 1.98. The fourth-order valence-electron chi connectivity index (χ4n) is 1.16. The van der Waals surface area contributed by atoms with Crippen molar-refractivity contribution in [2.24, 2.45) is 0 Å². The van der Waals surface area contributed by atoms with Crippen molar-refractivity contribution in [2.45, 2.75) is 33.0 Å². The maximum absolute atomic E-state index is 4.30. The Kier molecular flexibility index (Phi) is 4.65. The number of nitrogens with one attached hydrogen (secondary N) is 1. The molecule has 0 unspecified atom stereocenters. The normalized spacial score (nSPS) is 11.3. The molecule has 0 spiro atoms. The molecule has 0 atom stereocenters. The molecule has 4 nitrogen and oxygen atoms in total. The lowest BCUT2D eigenvalue weighted by molar-refractivity contribution is 0.390. The molecule has 0 aliphatic rings. The van der Waals surface area contributed by atoms with Gasteiger partial charge in [0, 0.05) is 30.5 Å². The smallest absolute Gasteiger partial charge is 0.142 e. The molecule has 1 aromatic rings. The van der Waals surface area contributed by atoms with Gasteiger partial charge in [0.05, 0.1) is 6.54 Å². The molecule has 0 radical (unpaired) electrons. The highest BCUT2D eigenvalue weighted by molar-refractivity contribution is 5.04. The predicted molar refractivity (Wildman–Crippen MR) is 61.4 cm³/mol. The Hall–Kier alpha value is -1.00. The molecule has 0 fully saturated rings. The maximum Gasteiger partial charge on any atom is 0.142 e. The van der Waals surface area contributed by atoms with Gasteiger partial charge in [-0.25, -0.2) is 9.97 Å². The average Bonchev–Trinajstić information content (AvgIpc) is 2.16. The fourth-order valence-corrected chi connectivity index (χ4v) is 1.16. The molecule has 1 heterocycles. The summed E-state index contributed by atoms with van der Waals surface area (Å²) >= 11 is 0. The van der Waals surface area contributed by atoms with E-state index < -0.39 is 0 Å². The molecular formula is C11H20N4. The van der Waals surface area contributed by atoms with Crippen molar-refractivity contribution in [3.8, 4) is 0 Å². The lowest BCUT2D eigenvalue weighted by Crippen LogP contribution is -2.22. The van der Waals surface area contributed by atoms with Crippen LogP contribution in [0.25, 0.3) is 0 Å². The van der Waals surface area contributed by atoms with Crippen molar-refractivity contribution in [1.82, 2.24) is 20.2 Å². The SMILES string of the molecule is CC(C)NCc1cnc(CN(C)C)nc1. The van der Waals surface area contributed by atoms with E-state index in [-0.39, 0.29) is 0 Å². The van der Waals surface area contributed by atoms with Crippen molar-refractivity contribution in [3.63, 3.8) is 0 Å². The van der Waals surface area contributed by atoms with Gasteiger partial charge in [-0.15, -0.1) is 0 Å². The number of nitrogens with zero attached hydrogens (tertiary/aromatic N) is 3. The van der Waals surface area contributed by atoms with E-state index in [9.17, 15) is 0 Å². The second-order valence-corrected chi connectivity index (χ2v) is 4.28. The van der Waals surface area contributed by atoms with Crippen LogP contribution in [0, 0.1) is 0 Å². The Morgan fingerprint density at radius 3 is 2.33 bits per heavy atom. The highest BCUT2D eigenvalue weighted by Gasteiger charge is 1.99. The van der Waals surface area contributed by atoms with E-state index in [1.165, 1.54) is 0 Å². The topological polar surface area (TPSA) is 41.1 Å². The number of aromatic nitrogens is 2. The van der Waals surface area contributed by atoms with Crippen LogP contribution in [0.4, 0.5) is 0 Å². The van der Waals surface area contributed by atoms with Crippen LogP contribution in [0.5, 0.6) is 0 Å². The molecule has 1 aromatic heterocycles. The molecule has 0 aliphatic heterocycles. The van der Waals surface area contributed by atoms with Crippen LogP contribution in [0.1, 0.15) is 25.2 Å². The average molecular weight is 208 g/mol. The van der Waals surface area contributed by atoms with Crippen LogP contribution >= 0.6 is 0 Å². The molecular weight excluding hydrogens is 188 g/mol. The molecule has 0 saturated carbocycles. The summed E-state index contributed by atoms with van der Waals surface area (Å²) in [5.41, 5.74) is 1.13. The van der Waals surface area contributed by atoms with Gasteiger partial charge in [-0.3, -0.25) is 0 Å². The van der Waals surface area contributed by atoms with Crippen LogP contribution in [0.2, 0.25) is 0 Å². The van der Waals surface area contributed by atoms with Crippen molar-refractivity contribution in [1.29, 1.82) is 0 Å². The lowest BCUT2D eigenvalue weighted by atomic mass is 10.3. The van der Waals surface area contributed by atoms with Gasteiger partial charge in [0.1, 0.15) is 5.82 Å². The number of hydrogen-bond acceptors (Lipinski definition) is 4. The molecule has 1 N–H and O–H groups in total. The van der Waals surface area contributed by atoms with Gasteiger partial charge in [-0.05, 0) is 14.1 Å². The van der Waals surface area contributed by atoms with E-state index in [1.54, 1.807) is 0 Å². The van der Waals surface area contributed by atoms with E-state index in [4.69, 9.17) is 0 Å². The van der Waals surface area contributed by atoms with E-state index in [1.807, 2.05) is 26.5 Å². The molecule has 84 valence electrons. The maximum atomic E-state index is 4.30. The van der Waals surface area contributed by atoms with Crippen molar-refractivity contribution < 1.29 is 0 Å². The zero-order valence-corrected chi connectivity index (χ0v) is 9.99. The summed E-state index contributed by atoms with van der Waals surface area (Å²) < 4.78 is 0. The van der Waals surface area contributed by atoms with Crippen molar-refractivity contribution in [3.05, 3.63) is 23.8 Å². The van der Waals surface area contributed by atoms with Crippen molar-refractivity contribution in [2.75, 3.05) is 14.1 Å². The third-order valence-corrected chi connectivity index (χ3v) is 1.93.